The van der Waals surface area contributed by atoms with Crippen molar-refractivity contribution >= 4 is 5.69 Å². The Bertz CT molecular complexity index is 420. The summed E-state index contributed by atoms with van der Waals surface area (Å²) in [7, 11) is 0. The minimum Gasteiger partial charge on any atom is -0.396 e. The highest BCUT2D eigenvalue weighted by atomic mass is 16.3. The molecule has 0 aliphatic carbocycles. The lowest BCUT2D eigenvalue weighted by molar-refractivity contribution is 0.241. The molecule has 1 saturated heterocycles. The van der Waals surface area contributed by atoms with Gasteiger partial charge in [-0.2, -0.15) is 0 Å². The molecular weight excluding hydrogens is 236 g/mol. The summed E-state index contributed by atoms with van der Waals surface area (Å²) in [4.78, 5) is 2.49. The highest BCUT2D eigenvalue weighted by Crippen LogP contribution is 2.31. The van der Waals surface area contributed by atoms with Gasteiger partial charge in [-0.1, -0.05) is 6.07 Å². The van der Waals surface area contributed by atoms with Crippen molar-refractivity contribution in [1.82, 2.24) is 5.32 Å². The Morgan fingerprint density at radius 1 is 1.26 bits per heavy atom. The van der Waals surface area contributed by atoms with E-state index in [9.17, 15) is 5.11 Å². The van der Waals surface area contributed by atoms with Gasteiger partial charge in [-0.05, 0) is 57.4 Å². The zero-order valence-electron chi connectivity index (χ0n) is 12.5. The second-order valence-corrected chi connectivity index (χ2v) is 6.33. The molecule has 19 heavy (non-hydrogen) atoms. The molecule has 1 aliphatic rings. The molecule has 3 heteroatoms. The SMILES string of the molecule is Cc1cc(C)cc(N2C(CCO)CNCC2(C)C)c1. The summed E-state index contributed by atoms with van der Waals surface area (Å²) < 4.78 is 0. The van der Waals surface area contributed by atoms with Crippen LogP contribution in [0.4, 0.5) is 5.69 Å². The quantitative estimate of drug-likeness (QED) is 0.877. The van der Waals surface area contributed by atoms with Crippen molar-refractivity contribution in [1.29, 1.82) is 0 Å². The average Bonchev–Trinajstić information content (AvgIpc) is 2.26. The first-order valence-corrected chi connectivity index (χ1v) is 7.13. The number of aliphatic hydroxyl groups is 1. The van der Waals surface area contributed by atoms with Crippen LogP contribution in [-0.4, -0.2) is 36.4 Å². The van der Waals surface area contributed by atoms with E-state index in [4.69, 9.17) is 0 Å². The maximum absolute atomic E-state index is 9.31. The Morgan fingerprint density at radius 2 is 1.89 bits per heavy atom. The fraction of sp³-hybridized carbons (Fsp3) is 0.625. The lowest BCUT2D eigenvalue weighted by Gasteiger charge is -2.50. The molecule has 1 fully saturated rings. The van der Waals surface area contributed by atoms with Crippen molar-refractivity contribution in [3.05, 3.63) is 29.3 Å². The first-order valence-electron chi connectivity index (χ1n) is 7.13. The summed E-state index contributed by atoms with van der Waals surface area (Å²) in [6.07, 6.45) is 0.809. The molecule has 0 amide bonds. The standard InChI is InChI=1S/C16H26N2O/c1-12-7-13(2)9-15(8-12)18-14(5-6-19)10-17-11-16(18,3)4/h7-9,14,17,19H,5-6,10-11H2,1-4H3. The van der Waals surface area contributed by atoms with Gasteiger partial charge in [0.25, 0.3) is 0 Å². The fourth-order valence-electron chi connectivity index (χ4n) is 3.25. The minimum absolute atomic E-state index is 0.0678. The zero-order chi connectivity index (χ0) is 14.0. The van der Waals surface area contributed by atoms with Crippen LogP contribution in [0, 0.1) is 13.8 Å². The number of aryl methyl sites for hydroxylation is 2. The number of rotatable bonds is 3. The minimum atomic E-state index is 0.0678. The molecule has 1 aliphatic heterocycles. The first kappa shape index (κ1) is 14.4. The van der Waals surface area contributed by atoms with Crippen LogP contribution < -0.4 is 10.2 Å². The van der Waals surface area contributed by atoms with Gasteiger partial charge in [0.15, 0.2) is 0 Å². The Morgan fingerprint density at radius 3 is 2.47 bits per heavy atom. The third-order valence-corrected chi connectivity index (χ3v) is 3.90. The maximum atomic E-state index is 9.31. The summed E-state index contributed by atoms with van der Waals surface area (Å²) in [6.45, 7) is 11.0. The van der Waals surface area contributed by atoms with Crippen LogP contribution in [0.5, 0.6) is 0 Å². The third kappa shape index (κ3) is 3.10. The molecule has 0 spiro atoms. The average molecular weight is 262 g/mol. The van der Waals surface area contributed by atoms with Crippen LogP contribution in [0.3, 0.4) is 0 Å². The predicted octanol–water partition coefficient (Wildman–Crippen LogP) is 2.24. The molecule has 1 unspecified atom stereocenters. The zero-order valence-corrected chi connectivity index (χ0v) is 12.5. The van der Waals surface area contributed by atoms with Crippen LogP contribution in [0.15, 0.2) is 18.2 Å². The fourth-order valence-corrected chi connectivity index (χ4v) is 3.25. The summed E-state index contributed by atoms with van der Waals surface area (Å²) in [5.74, 6) is 0. The van der Waals surface area contributed by atoms with E-state index in [0.29, 0.717) is 6.04 Å². The molecule has 0 bridgehead atoms. The van der Waals surface area contributed by atoms with Crippen molar-refractivity contribution in [3.63, 3.8) is 0 Å². The summed E-state index contributed by atoms with van der Waals surface area (Å²) in [6, 6.07) is 7.07. The Labute approximate surface area is 116 Å². The van der Waals surface area contributed by atoms with Crippen LogP contribution in [-0.2, 0) is 0 Å². The number of nitrogens with one attached hydrogen (secondary N) is 1. The second-order valence-electron chi connectivity index (χ2n) is 6.33. The Kier molecular flexibility index (Phi) is 4.16. The molecule has 1 aromatic carbocycles. The number of aliphatic hydroxyl groups excluding tert-OH is 1. The highest BCUT2D eigenvalue weighted by Gasteiger charge is 2.36. The van der Waals surface area contributed by atoms with Crippen molar-refractivity contribution in [3.8, 4) is 0 Å². The van der Waals surface area contributed by atoms with E-state index in [-0.39, 0.29) is 12.1 Å². The van der Waals surface area contributed by atoms with Gasteiger partial charge in [-0.15, -0.1) is 0 Å². The molecule has 2 N–H and O–H groups in total. The van der Waals surface area contributed by atoms with E-state index in [2.05, 4.69) is 56.1 Å². The van der Waals surface area contributed by atoms with E-state index in [0.717, 1.165) is 19.5 Å². The largest absolute Gasteiger partial charge is 0.396 e. The van der Waals surface area contributed by atoms with Crippen LogP contribution in [0.1, 0.15) is 31.4 Å². The molecule has 0 saturated carbocycles. The van der Waals surface area contributed by atoms with Crippen LogP contribution in [0.2, 0.25) is 0 Å². The normalized spacial score (nSPS) is 22.6. The number of nitrogens with zero attached hydrogens (tertiary/aromatic N) is 1. The van der Waals surface area contributed by atoms with E-state index in [1.165, 1.54) is 16.8 Å². The number of hydrogen-bond acceptors (Lipinski definition) is 3. The van der Waals surface area contributed by atoms with E-state index >= 15 is 0 Å². The Hall–Kier alpha value is -1.06. The summed E-state index contributed by atoms with van der Waals surface area (Å²) >= 11 is 0. The number of anilines is 1. The molecule has 1 aromatic rings. The molecule has 0 radical (unpaired) electrons. The molecule has 3 nitrogen and oxygen atoms in total. The van der Waals surface area contributed by atoms with Crippen LogP contribution >= 0.6 is 0 Å². The smallest absolute Gasteiger partial charge is 0.0473 e. The molecule has 106 valence electrons. The van der Waals surface area contributed by atoms with E-state index in [1.807, 2.05) is 0 Å². The first-order chi connectivity index (χ1) is 8.94. The van der Waals surface area contributed by atoms with Crippen molar-refractivity contribution in [2.45, 2.75) is 45.7 Å². The molecule has 2 rings (SSSR count). The summed E-state index contributed by atoms with van der Waals surface area (Å²) in [5.41, 5.74) is 3.94. The number of benzene rings is 1. The van der Waals surface area contributed by atoms with Gasteiger partial charge >= 0.3 is 0 Å². The van der Waals surface area contributed by atoms with E-state index < -0.39 is 0 Å². The summed E-state index contributed by atoms with van der Waals surface area (Å²) in [5, 5.41) is 12.8. The maximum Gasteiger partial charge on any atom is 0.0473 e. The molecule has 1 heterocycles. The van der Waals surface area contributed by atoms with Gasteiger partial charge in [0, 0.05) is 37.0 Å². The van der Waals surface area contributed by atoms with Crippen molar-refractivity contribution < 1.29 is 5.11 Å². The monoisotopic (exact) mass is 262 g/mol. The topological polar surface area (TPSA) is 35.5 Å². The Balaban J connectivity index is 2.39. The predicted molar refractivity (Wildman–Crippen MR) is 80.8 cm³/mol. The van der Waals surface area contributed by atoms with Gasteiger partial charge in [0.05, 0.1) is 0 Å². The number of piperazine rings is 1. The van der Waals surface area contributed by atoms with E-state index in [1.54, 1.807) is 0 Å². The lowest BCUT2D eigenvalue weighted by atomic mass is 9.93. The molecule has 1 atom stereocenters. The third-order valence-electron chi connectivity index (χ3n) is 3.90. The molecule has 0 aromatic heterocycles. The van der Waals surface area contributed by atoms with Gasteiger partial charge < -0.3 is 15.3 Å². The van der Waals surface area contributed by atoms with Crippen LogP contribution in [0.25, 0.3) is 0 Å². The van der Waals surface area contributed by atoms with Gasteiger partial charge in [-0.3, -0.25) is 0 Å². The van der Waals surface area contributed by atoms with Crippen molar-refractivity contribution in [2.24, 2.45) is 0 Å². The van der Waals surface area contributed by atoms with Gasteiger partial charge in [0.1, 0.15) is 0 Å². The number of hydrogen-bond donors (Lipinski definition) is 2. The second kappa shape index (κ2) is 5.51. The molecular formula is C16H26N2O. The van der Waals surface area contributed by atoms with Gasteiger partial charge in [-0.25, -0.2) is 0 Å². The van der Waals surface area contributed by atoms with Gasteiger partial charge in [0.2, 0.25) is 0 Å². The lowest BCUT2D eigenvalue weighted by Crippen LogP contribution is -2.63. The highest BCUT2D eigenvalue weighted by molar-refractivity contribution is 5.54. The van der Waals surface area contributed by atoms with Crippen molar-refractivity contribution in [2.75, 3.05) is 24.6 Å².